The number of imidazole rings is 1. The van der Waals surface area contributed by atoms with Crippen LogP contribution in [0, 0.1) is 0 Å². The molecule has 4 rings (SSSR count). The normalized spacial score (nSPS) is 10.7. The number of nitrogens with one attached hydrogen (secondary N) is 3. The Morgan fingerprint density at radius 2 is 1.76 bits per heavy atom. The molecule has 0 aliphatic rings. The topological polar surface area (TPSA) is 99.8 Å². The molecular weight excluding hydrogens is 318 g/mol. The summed E-state index contributed by atoms with van der Waals surface area (Å²) in [7, 11) is 0. The van der Waals surface area contributed by atoms with Gasteiger partial charge in [0.05, 0.1) is 28.6 Å². The Morgan fingerprint density at radius 1 is 0.920 bits per heavy atom. The Morgan fingerprint density at radius 3 is 2.68 bits per heavy atom. The lowest BCUT2D eigenvalue weighted by Gasteiger charge is -2.08. The van der Waals surface area contributed by atoms with Crippen LogP contribution in [0.4, 0.5) is 11.4 Å². The van der Waals surface area contributed by atoms with Crippen molar-refractivity contribution in [3.8, 4) is 0 Å². The molecule has 0 atom stereocenters. The van der Waals surface area contributed by atoms with E-state index >= 15 is 0 Å². The number of hydrogen-bond donors (Lipinski definition) is 3. The Bertz CT molecular complexity index is 1100. The molecule has 4 aromatic rings. The fourth-order valence-corrected chi connectivity index (χ4v) is 2.59. The lowest BCUT2D eigenvalue weighted by Crippen LogP contribution is -2.29. The average Bonchev–Trinajstić information content (AvgIpc) is 3.10. The first-order valence-corrected chi connectivity index (χ1v) is 7.60. The quantitative estimate of drug-likeness (QED) is 0.492. The van der Waals surface area contributed by atoms with Gasteiger partial charge in [0.2, 0.25) is 0 Å². The van der Waals surface area contributed by atoms with E-state index < -0.39 is 11.8 Å². The summed E-state index contributed by atoms with van der Waals surface area (Å²) >= 11 is 0. The summed E-state index contributed by atoms with van der Waals surface area (Å²) in [6.45, 7) is 0. The van der Waals surface area contributed by atoms with Crippen molar-refractivity contribution in [2.24, 2.45) is 0 Å². The lowest BCUT2D eigenvalue weighted by atomic mass is 10.2. The van der Waals surface area contributed by atoms with Crippen molar-refractivity contribution in [2.45, 2.75) is 0 Å². The van der Waals surface area contributed by atoms with Crippen LogP contribution in [0.1, 0.15) is 0 Å². The number of para-hydroxylation sites is 1. The van der Waals surface area contributed by atoms with E-state index in [9.17, 15) is 9.59 Å². The highest BCUT2D eigenvalue weighted by Gasteiger charge is 2.16. The minimum absolute atomic E-state index is 0.488. The van der Waals surface area contributed by atoms with Crippen LogP contribution in [0.25, 0.3) is 21.9 Å². The van der Waals surface area contributed by atoms with Crippen molar-refractivity contribution in [1.82, 2.24) is 15.0 Å². The maximum Gasteiger partial charge on any atom is 0.314 e. The number of carbonyl (C=O) groups is 2. The van der Waals surface area contributed by atoms with Gasteiger partial charge in [0, 0.05) is 17.3 Å². The average molecular weight is 331 g/mol. The highest BCUT2D eigenvalue weighted by molar-refractivity contribution is 6.44. The van der Waals surface area contributed by atoms with Crippen molar-refractivity contribution in [2.75, 3.05) is 10.6 Å². The molecule has 0 aliphatic heterocycles. The Kier molecular flexibility index (Phi) is 3.59. The van der Waals surface area contributed by atoms with Crippen LogP contribution in [0.3, 0.4) is 0 Å². The number of carbonyl (C=O) groups excluding carboxylic acids is 2. The molecule has 2 amide bonds. The van der Waals surface area contributed by atoms with Gasteiger partial charge in [0.15, 0.2) is 0 Å². The first-order valence-electron chi connectivity index (χ1n) is 7.60. The molecule has 0 unspecified atom stereocenters. The van der Waals surface area contributed by atoms with E-state index in [1.54, 1.807) is 42.9 Å². The molecule has 0 bridgehead atoms. The van der Waals surface area contributed by atoms with E-state index in [-0.39, 0.29) is 0 Å². The number of pyridine rings is 1. The summed E-state index contributed by atoms with van der Waals surface area (Å²) in [5.74, 6) is -1.52. The van der Waals surface area contributed by atoms with Crippen LogP contribution in [0.2, 0.25) is 0 Å². The van der Waals surface area contributed by atoms with Crippen molar-refractivity contribution >= 4 is 45.1 Å². The van der Waals surface area contributed by atoms with E-state index in [0.717, 1.165) is 16.4 Å². The van der Waals surface area contributed by atoms with Gasteiger partial charge in [-0.25, -0.2) is 4.98 Å². The molecule has 7 heteroatoms. The molecule has 7 nitrogen and oxygen atoms in total. The van der Waals surface area contributed by atoms with Crippen molar-refractivity contribution in [3.05, 3.63) is 61.1 Å². The standard InChI is InChI=1S/C18H13N5O2/c24-17(22-12-6-7-13-15(9-12)21-10-20-13)18(25)23-14-5-1-3-11-4-2-8-19-16(11)14/h1-10H,(H,20,21)(H,22,24)(H,23,25). The number of rotatable bonds is 2. The predicted octanol–water partition coefficient (Wildman–Crippen LogP) is 2.69. The molecule has 25 heavy (non-hydrogen) atoms. The summed E-state index contributed by atoms with van der Waals surface area (Å²) < 4.78 is 0. The third-order valence-electron chi connectivity index (χ3n) is 3.77. The van der Waals surface area contributed by atoms with Crippen molar-refractivity contribution in [1.29, 1.82) is 0 Å². The molecule has 2 heterocycles. The van der Waals surface area contributed by atoms with Crippen molar-refractivity contribution < 1.29 is 9.59 Å². The smallest absolute Gasteiger partial charge is 0.314 e. The molecule has 2 aromatic heterocycles. The van der Waals surface area contributed by atoms with Crippen LogP contribution in [0.15, 0.2) is 61.1 Å². The number of amides is 2. The molecular formula is C18H13N5O2. The van der Waals surface area contributed by atoms with Gasteiger partial charge in [0.25, 0.3) is 0 Å². The monoisotopic (exact) mass is 331 g/mol. The van der Waals surface area contributed by atoms with Crippen LogP contribution in [-0.4, -0.2) is 26.8 Å². The van der Waals surface area contributed by atoms with Gasteiger partial charge < -0.3 is 15.6 Å². The first-order chi connectivity index (χ1) is 12.2. The van der Waals surface area contributed by atoms with Crippen LogP contribution < -0.4 is 10.6 Å². The fourth-order valence-electron chi connectivity index (χ4n) is 2.59. The highest BCUT2D eigenvalue weighted by Crippen LogP contribution is 2.21. The number of aromatic amines is 1. The summed E-state index contributed by atoms with van der Waals surface area (Å²) in [6, 6.07) is 14.2. The van der Waals surface area contributed by atoms with E-state index in [0.29, 0.717) is 16.9 Å². The van der Waals surface area contributed by atoms with E-state index in [2.05, 4.69) is 25.6 Å². The molecule has 0 saturated carbocycles. The summed E-state index contributed by atoms with van der Waals surface area (Å²) in [6.07, 6.45) is 3.20. The third kappa shape index (κ3) is 2.90. The molecule has 0 aliphatic carbocycles. The van der Waals surface area contributed by atoms with Crippen LogP contribution in [-0.2, 0) is 9.59 Å². The second-order valence-corrected chi connectivity index (χ2v) is 5.42. The molecule has 2 aromatic carbocycles. The maximum absolute atomic E-state index is 12.2. The largest absolute Gasteiger partial charge is 0.345 e. The molecule has 122 valence electrons. The van der Waals surface area contributed by atoms with E-state index in [1.807, 2.05) is 18.2 Å². The number of nitrogens with zero attached hydrogens (tertiary/aromatic N) is 2. The molecule has 3 N–H and O–H groups in total. The number of fused-ring (bicyclic) bond motifs is 2. The zero-order valence-corrected chi connectivity index (χ0v) is 13.0. The van der Waals surface area contributed by atoms with Gasteiger partial charge in [-0.1, -0.05) is 18.2 Å². The molecule has 0 radical (unpaired) electrons. The molecule has 0 fully saturated rings. The molecule has 0 spiro atoms. The van der Waals surface area contributed by atoms with Gasteiger partial charge in [-0.2, -0.15) is 0 Å². The third-order valence-corrected chi connectivity index (χ3v) is 3.77. The Hall–Kier alpha value is -3.74. The van der Waals surface area contributed by atoms with Crippen LogP contribution in [0.5, 0.6) is 0 Å². The molecule has 0 saturated heterocycles. The maximum atomic E-state index is 12.2. The summed E-state index contributed by atoms with van der Waals surface area (Å²) in [5, 5.41) is 6.06. The second kappa shape index (κ2) is 6.04. The first kappa shape index (κ1) is 14.8. The Labute approximate surface area is 142 Å². The van der Waals surface area contributed by atoms with Gasteiger partial charge >= 0.3 is 11.8 Å². The van der Waals surface area contributed by atoms with Gasteiger partial charge in [0.1, 0.15) is 0 Å². The SMILES string of the molecule is O=C(Nc1ccc2nc[nH]c2c1)C(=O)Nc1cccc2cccnc12. The van der Waals surface area contributed by atoms with Gasteiger partial charge in [-0.05, 0) is 30.3 Å². The number of aromatic nitrogens is 3. The predicted molar refractivity (Wildman–Crippen MR) is 95.1 cm³/mol. The van der Waals surface area contributed by atoms with E-state index in [4.69, 9.17) is 0 Å². The minimum Gasteiger partial charge on any atom is -0.345 e. The summed E-state index contributed by atoms with van der Waals surface area (Å²) in [4.78, 5) is 35.7. The second-order valence-electron chi connectivity index (χ2n) is 5.42. The van der Waals surface area contributed by atoms with Gasteiger partial charge in [-0.3, -0.25) is 14.6 Å². The highest BCUT2D eigenvalue weighted by atomic mass is 16.2. The van der Waals surface area contributed by atoms with Gasteiger partial charge in [-0.15, -0.1) is 0 Å². The lowest BCUT2D eigenvalue weighted by molar-refractivity contribution is -0.132. The Balaban J connectivity index is 1.52. The van der Waals surface area contributed by atoms with Crippen molar-refractivity contribution in [3.63, 3.8) is 0 Å². The zero-order valence-electron chi connectivity index (χ0n) is 13.0. The number of hydrogen-bond acceptors (Lipinski definition) is 4. The summed E-state index contributed by atoms with van der Waals surface area (Å²) in [5.41, 5.74) is 3.18. The van der Waals surface area contributed by atoms with Crippen LogP contribution >= 0.6 is 0 Å². The number of H-pyrrole nitrogens is 1. The minimum atomic E-state index is -0.761. The fraction of sp³-hybridized carbons (Fsp3) is 0. The number of anilines is 2. The zero-order chi connectivity index (χ0) is 17.2. The van der Waals surface area contributed by atoms with E-state index in [1.165, 1.54) is 0 Å². The number of benzene rings is 2.